The van der Waals surface area contributed by atoms with Gasteiger partial charge in [0.05, 0.1) is 12.2 Å². The van der Waals surface area contributed by atoms with Crippen LogP contribution in [0.1, 0.15) is 55.6 Å². The maximum absolute atomic E-state index is 12.2. The molecular formula is C14H23N5O. The van der Waals surface area contributed by atoms with E-state index in [-0.39, 0.29) is 5.91 Å². The molecule has 2 unspecified atom stereocenters. The minimum absolute atomic E-state index is 0.0794. The van der Waals surface area contributed by atoms with E-state index in [0.717, 1.165) is 38.8 Å². The van der Waals surface area contributed by atoms with Gasteiger partial charge in [-0.15, -0.1) is 5.10 Å². The van der Waals surface area contributed by atoms with Gasteiger partial charge in [0, 0.05) is 6.04 Å². The molecule has 1 saturated heterocycles. The Morgan fingerprint density at radius 2 is 2.15 bits per heavy atom. The van der Waals surface area contributed by atoms with Gasteiger partial charge in [-0.1, -0.05) is 12.1 Å². The number of nitrogens with zero attached hydrogens (tertiary/aromatic N) is 3. The predicted molar refractivity (Wildman–Crippen MR) is 75.4 cm³/mol. The lowest BCUT2D eigenvalue weighted by Gasteiger charge is -2.22. The first-order valence-electron chi connectivity index (χ1n) is 7.66. The van der Waals surface area contributed by atoms with Gasteiger partial charge in [0.25, 0.3) is 5.91 Å². The number of nitrogens with one attached hydrogen (secondary N) is 2. The van der Waals surface area contributed by atoms with Crippen LogP contribution in [0.3, 0.4) is 0 Å². The topological polar surface area (TPSA) is 71.8 Å². The molecule has 110 valence electrons. The highest BCUT2D eigenvalue weighted by Gasteiger charge is 2.25. The Morgan fingerprint density at radius 3 is 2.85 bits per heavy atom. The highest BCUT2D eigenvalue weighted by atomic mass is 16.2. The molecule has 0 radical (unpaired) electrons. The summed E-state index contributed by atoms with van der Waals surface area (Å²) in [5.74, 6) is 0.634. The third kappa shape index (κ3) is 3.00. The molecule has 1 aromatic heterocycles. The zero-order valence-electron chi connectivity index (χ0n) is 12.0. The molecule has 1 aromatic rings. The van der Waals surface area contributed by atoms with Gasteiger partial charge < -0.3 is 10.6 Å². The number of hydrogen-bond acceptors (Lipinski definition) is 4. The van der Waals surface area contributed by atoms with Crippen LogP contribution in [0.15, 0.2) is 6.20 Å². The number of carbonyl (C=O) groups is 1. The van der Waals surface area contributed by atoms with Crippen molar-refractivity contribution in [3.8, 4) is 0 Å². The monoisotopic (exact) mass is 277 g/mol. The number of amides is 1. The average molecular weight is 277 g/mol. The van der Waals surface area contributed by atoms with E-state index in [1.807, 2.05) is 4.68 Å². The van der Waals surface area contributed by atoms with Crippen molar-refractivity contribution in [1.29, 1.82) is 0 Å². The maximum Gasteiger partial charge on any atom is 0.273 e. The molecule has 20 heavy (non-hydrogen) atoms. The second-order valence-electron chi connectivity index (χ2n) is 6.15. The summed E-state index contributed by atoms with van der Waals surface area (Å²) in [6, 6.07) is 0.679. The summed E-state index contributed by atoms with van der Waals surface area (Å²) < 4.78 is 1.85. The Bertz CT molecular complexity index is 466. The van der Waals surface area contributed by atoms with Crippen molar-refractivity contribution in [3.63, 3.8) is 0 Å². The lowest BCUT2D eigenvalue weighted by Crippen LogP contribution is -2.33. The molecule has 2 heterocycles. The summed E-state index contributed by atoms with van der Waals surface area (Å²) in [7, 11) is 0. The molecule has 1 saturated carbocycles. The Labute approximate surface area is 119 Å². The number of aromatic nitrogens is 3. The zero-order valence-corrected chi connectivity index (χ0v) is 12.0. The molecule has 2 N–H and O–H groups in total. The standard InChI is InChI=1S/C14H23N5O/c1-10-2-3-11(8-10)16-14(20)13-9-19(18-17-13)12-4-6-15-7-5-12/h9-12,15H,2-8H2,1H3,(H,16,20). The highest BCUT2D eigenvalue weighted by molar-refractivity contribution is 5.92. The molecular weight excluding hydrogens is 254 g/mol. The molecule has 1 aliphatic heterocycles. The Morgan fingerprint density at radius 1 is 1.35 bits per heavy atom. The van der Waals surface area contributed by atoms with E-state index in [1.165, 1.54) is 6.42 Å². The lowest BCUT2D eigenvalue weighted by atomic mass is 10.1. The van der Waals surface area contributed by atoms with Gasteiger partial charge in [0.15, 0.2) is 5.69 Å². The Kier molecular flexibility index (Phi) is 4.00. The molecule has 2 aliphatic rings. The van der Waals surface area contributed by atoms with Crippen molar-refractivity contribution in [2.24, 2.45) is 5.92 Å². The summed E-state index contributed by atoms with van der Waals surface area (Å²) in [6.07, 6.45) is 7.25. The van der Waals surface area contributed by atoms with Crippen molar-refractivity contribution in [2.75, 3.05) is 13.1 Å². The number of carbonyl (C=O) groups excluding carboxylic acids is 1. The van der Waals surface area contributed by atoms with Crippen LogP contribution in [0.2, 0.25) is 0 Å². The number of piperidine rings is 1. The van der Waals surface area contributed by atoms with Crippen molar-refractivity contribution >= 4 is 5.91 Å². The second kappa shape index (κ2) is 5.91. The molecule has 0 aromatic carbocycles. The normalized spacial score (nSPS) is 27.6. The van der Waals surface area contributed by atoms with Gasteiger partial charge in [-0.25, -0.2) is 4.68 Å². The third-order valence-electron chi connectivity index (χ3n) is 4.46. The van der Waals surface area contributed by atoms with Crippen LogP contribution < -0.4 is 10.6 Å². The van der Waals surface area contributed by atoms with E-state index in [4.69, 9.17) is 0 Å². The van der Waals surface area contributed by atoms with Gasteiger partial charge in [0.2, 0.25) is 0 Å². The molecule has 1 aliphatic carbocycles. The average Bonchev–Trinajstić information content (AvgIpc) is 3.09. The van der Waals surface area contributed by atoms with Gasteiger partial charge in [-0.05, 0) is 51.1 Å². The largest absolute Gasteiger partial charge is 0.348 e. The molecule has 1 amide bonds. The quantitative estimate of drug-likeness (QED) is 0.868. The first-order chi connectivity index (χ1) is 9.72. The Balaban J connectivity index is 1.59. The van der Waals surface area contributed by atoms with Gasteiger partial charge in [0.1, 0.15) is 0 Å². The van der Waals surface area contributed by atoms with Crippen molar-refractivity contribution in [3.05, 3.63) is 11.9 Å². The van der Waals surface area contributed by atoms with Crippen LogP contribution in [0, 0.1) is 5.92 Å². The van der Waals surface area contributed by atoms with Gasteiger partial charge >= 0.3 is 0 Å². The molecule has 3 rings (SSSR count). The fourth-order valence-corrected chi connectivity index (χ4v) is 3.23. The molecule has 0 spiro atoms. The first-order valence-corrected chi connectivity index (χ1v) is 7.66. The van der Waals surface area contributed by atoms with E-state index in [2.05, 4.69) is 27.9 Å². The minimum Gasteiger partial charge on any atom is -0.348 e. The molecule has 6 heteroatoms. The van der Waals surface area contributed by atoms with E-state index in [1.54, 1.807) is 6.20 Å². The molecule has 2 atom stereocenters. The highest BCUT2D eigenvalue weighted by Crippen LogP contribution is 2.24. The van der Waals surface area contributed by atoms with Crippen LogP contribution in [0.5, 0.6) is 0 Å². The van der Waals surface area contributed by atoms with Crippen molar-refractivity contribution < 1.29 is 4.79 Å². The fraction of sp³-hybridized carbons (Fsp3) is 0.786. The summed E-state index contributed by atoms with van der Waals surface area (Å²) in [5.41, 5.74) is 0.447. The van der Waals surface area contributed by atoms with Crippen LogP contribution in [0.4, 0.5) is 0 Å². The predicted octanol–water partition coefficient (Wildman–Crippen LogP) is 1.12. The smallest absolute Gasteiger partial charge is 0.273 e. The van der Waals surface area contributed by atoms with Crippen LogP contribution in [0.25, 0.3) is 0 Å². The van der Waals surface area contributed by atoms with Gasteiger partial charge in [-0.3, -0.25) is 4.79 Å². The zero-order chi connectivity index (χ0) is 13.9. The van der Waals surface area contributed by atoms with E-state index in [0.29, 0.717) is 23.7 Å². The summed E-state index contributed by atoms with van der Waals surface area (Å²) in [5, 5.41) is 14.6. The van der Waals surface area contributed by atoms with Crippen molar-refractivity contribution in [1.82, 2.24) is 25.6 Å². The molecule has 0 bridgehead atoms. The number of rotatable bonds is 3. The van der Waals surface area contributed by atoms with E-state index < -0.39 is 0 Å². The summed E-state index contributed by atoms with van der Waals surface area (Å²) >= 11 is 0. The summed E-state index contributed by atoms with van der Waals surface area (Å²) in [6.45, 7) is 4.25. The maximum atomic E-state index is 12.2. The first kappa shape index (κ1) is 13.5. The molecule has 6 nitrogen and oxygen atoms in total. The lowest BCUT2D eigenvalue weighted by molar-refractivity contribution is 0.0932. The molecule has 2 fully saturated rings. The third-order valence-corrected chi connectivity index (χ3v) is 4.46. The van der Waals surface area contributed by atoms with E-state index in [9.17, 15) is 4.79 Å². The SMILES string of the molecule is CC1CCC(NC(=O)c2cn(C3CCNCC3)nn2)C1. The van der Waals surface area contributed by atoms with Crippen molar-refractivity contribution in [2.45, 2.75) is 51.1 Å². The van der Waals surface area contributed by atoms with E-state index >= 15 is 0 Å². The fourth-order valence-electron chi connectivity index (χ4n) is 3.23. The minimum atomic E-state index is -0.0794. The Hall–Kier alpha value is -1.43. The van der Waals surface area contributed by atoms with Crippen LogP contribution >= 0.6 is 0 Å². The van der Waals surface area contributed by atoms with Crippen LogP contribution in [-0.4, -0.2) is 40.0 Å². The number of hydrogen-bond donors (Lipinski definition) is 2. The van der Waals surface area contributed by atoms with Crippen LogP contribution in [-0.2, 0) is 0 Å². The van der Waals surface area contributed by atoms with Gasteiger partial charge in [-0.2, -0.15) is 0 Å². The second-order valence-corrected chi connectivity index (χ2v) is 6.15. The summed E-state index contributed by atoms with van der Waals surface area (Å²) in [4.78, 5) is 12.2.